The second kappa shape index (κ2) is 10.2. The van der Waals surface area contributed by atoms with Crippen LogP contribution in [0.5, 0.6) is 5.75 Å². The van der Waals surface area contributed by atoms with E-state index in [0.29, 0.717) is 28.3 Å². The first-order chi connectivity index (χ1) is 16.5. The molecule has 3 aromatic rings. The number of hydrogen-bond donors (Lipinski definition) is 2. The molecular formula is C28H26N2O4. The monoisotopic (exact) mass is 454 g/mol. The van der Waals surface area contributed by atoms with Gasteiger partial charge in [-0.1, -0.05) is 54.1 Å². The number of carbonyl (C=O) groups is 3. The Balaban J connectivity index is 1.74. The number of anilines is 2. The Bertz CT molecular complexity index is 1200. The van der Waals surface area contributed by atoms with E-state index >= 15 is 0 Å². The lowest BCUT2D eigenvalue weighted by Crippen LogP contribution is -2.44. The van der Waals surface area contributed by atoms with Crippen LogP contribution in [0.15, 0.2) is 96.6 Å². The van der Waals surface area contributed by atoms with Crippen LogP contribution in [0.2, 0.25) is 0 Å². The fourth-order valence-corrected chi connectivity index (χ4v) is 4.41. The number of carbonyl (C=O) groups excluding carboxylic acids is 3. The highest BCUT2D eigenvalue weighted by Crippen LogP contribution is 2.42. The normalized spacial score (nSPS) is 19.6. The van der Waals surface area contributed by atoms with Gasteiger partial charge in [-0.05, 0) is 55.0 Å². The summed E-state index contributed by atoms with van der Waals surface area (Å²) in [5, 5.41) is 5.78. The molecule has 3 atom stereocenters. The average molecular weight is 455 g/mol. The van der Waals surface area contributed by atoms with E-state index in [1.807, 2.05) is 24.3 Å². The summed E-state index contributed by atoms with van der Waals surface area (Å²) in [6.07, 6.45) is 1.42. The molecule has 0 aliphatic heterocycles. The Kier molecular flexibility index (Phi) is 6.87. The van der Waals surface area contributed by atoms with Gasteiger partial charge in [-0.25, -0.2) is 0 Å². The maximum Gasteiger partial charge on any atom is 0.235 e. The Hall–Kier alpha value is -4.19. The fourth-order valence-electron chi connectivity index (χ4n) is 4.41. The van der Waals surface area contributed by atoms with Crippen LogP contribution in [0.4, 0.5) is 11.4 Å². The zero-order valence-corrected chi connectivity index (χ0v) is 19.0. The molecule has 0 aromatic heterocycles. The molecule has 2 amide bonds. The Morgan fingerprint density at radius 1 is 0.735 bits per heavy atom. The average Bonchev–Trinajstić information content (AvgIpc) is 2.84. The van der Waals surface area contributed by atoms with Gasteiger partial charge < -0.3 is 15.4 Å². The van der Waals surface area contributed by atoms with Crippen LogP contribution in [-0.2, 0) is 14.4 Å². The Morgan fingerprint density at radius 2 is 1.24 bits per heavy atom. The Morgan fingerprint density at radius 3 is 1.74 bits per heavy atom. The zero-order valence-electron chi connectivity index (χ0n) is 19.0. The molecular weight excluding hydrogens is 428 g/mol. The highest BCUT2D eigenvalue weighted by atomic mass is 16.5. The molecule has 3 aromatic carbocycles. The lowest BCUT2D eigenvalue weighted by molar-refractivity contribution is -0.131. The minimum absolute atomic E-state index is 0.272. The number of nitrogens with one attached hydrogen (secondary N) is 2. The van der Waals surface area contributed by atoms with E-state index in [0.717, 1.165) is 0 Å². The first-order valence-corrected chi connectivity index (χ1v) is 11.1. The van der Waals surface area contributed by atoms with Crippen LogP contribution in [0.3, 0.4) is 0 Å². The van der Waals surface area contributed by atoms with Crippen molar-refractivity contribution in [1.29, 1.82) is 0 Å². The first-order valence-electron chi connectivity index (χ1n) is 11.1. The predicted octanol–water partition coefficient (Wildman–Crippen LogP) is 4.82. The molecule has 34 heavy (non-hydrogen) atoms. The third-order valence-corrected chi connectivity index (χ3v) is 6.03. The number of methoxy groups -OCH3 is 1. The van der Waals surface area contributed by atoms with Crippen molar-refractivity contribution in [1.82, 2.24) is 0 Å². The molecule has 0 heterocycles. The van der Waals surface area contributed by atoms with E-state index < -0.39 is 23.7 Å². The lowest BCUT2D eigenvalue weighted by Gasteiger charge is -2.35. The Labute approximate surface area is 198 Å². The number of hydrogen-bond acceptors (Lipinski definition) is 4. The molecule has 0 saturated carbocycles. The van der Waals surface area contributed by atoms with E-state index in [4.69, 9.17) is 4.74 Å². The molecule has 2 N–H and O–H groups in total. The number of rotatable bonds is 6. The molecule has 0 radical (unpaired) electrons. The van der Waals surface area contributed by atoms with Gasteiger partial charge in [0.25, 0.3) is 0 Å². The third-order valence-electron chi connectivity index (χ3n) is 6.03. The van der Waals surface area contributed by atoms with Gasteiger partial charge >= 0.3 is 0 Å². The maximum atomic E-state index is 13.5. The van der Waals surface area contributed by atoms with Crippen molar-refractivity contribution in [3.63, 3.8) is 0 Å². The van der Waals surface area contributed by atoms with Gasteiger partial charge in [-0.3, -0.25) is 14.4 Å². The molecule has 0 spiro atoms. The summed E-state index contributed by atoms with van der Waals surface area (Å²) in [7, 11) is 1.57. The molecule has 4 rings (SSSR count). The summed E-state index contributed by atoms with van der Waals surface area (Å²) in [6.45, 7) is 1.76. The van der Waals surface area contributed by atoms with Crippen LogP contribution in [0.25, 0.3) is 0 Å². The van der Waals surface area contributed by atoms with Crippen molar-refractivity contribution in [2.75, 3.05) is 17.7 Å². The van der Waals surface area contributed by atoms with Gasteiger partial charge in [0.15, 0.2) is 5.78 Å². The smallest absolute Gasteiger partial charge is 0.235 e. The van der Waals surface area contributed by atoms with E-state index in [-0.39, 0.29) is 11.7 Å². The zero-order chi connectivity index (χ0) is 24.1. The molecule has 0 bridgehead atoms. The van der Waals surface area contributed by atoms with Crippen molar-refractivity contribution < 1.29 is 19.1 Å². The van der Waals surface area contributed by atoms with Crippen molar-refractivity contribution >= 4 is 29.0 Å². The molecule has 0 saturated heterocycles. The molecule has 1 aliphatic rings. The largest absolute Gasteiger partial charge is 0.497 e. The highest BCUT2D eigenvalue weighted by molar-refractivity contribution is 6.14. The van der Waals surface area contributed by atoms with Gasteiger partial charge in [0.1, 0.15) is 11.7 Å². The number of amides is 2. The van der Waals surface area contributed by atoms with E-state index in [1.165, 1.54) is 6.08 Å². The number of para-hydroxylation sites is 2. The minimum atomic E-state index is -1.07. The van der Waals surface area contributed by atoms with Gasteiger partial charge in [0, 0.05) is 17.3 Å². The number of ketones is 1. The molecule has 1 aliphatic carbocycles. The van der Waals surface area contributed by atoms with Gasteiger partial charge in [-0.15, -0.1) is 0 Å². The van der Waals surface area contributed by atoms with Crippen LogP contribution >= 0.6 is 0 Å². The van der Waals surface area contributed by atoms with Gasteiger partial charge in [0.2, 0.25) is 11.8 Å². The topological polar surface area (TPSA) is 84.5 Å². The molecule has 6 nitrogen and oxygen atoms in total. The molecule has 6 heteroatoms. The number of benzene rings is 3. The van der Waals surface area contributed by atoms with Crippen LogP contribution < -0.4 is 15.4 Å². The second-order valence-corrected chi connectivity index (χ2v) is 8.26. The summed E-state index contributed by atoms with van der Waals surface area (Å²) < 4.78 is 5.27. The number of allylic oxidation sites excluding steroid dienone is 1. The second-order valence-electron chi connectivity index (χ2n) is 8.26. The fraction of sp³-hybridized carbons (Fsp3) is 0.179. The molecule has 0 fully saturated rings. The van der Waals surface area contributed by atoms with Crippen molar-refractivity contribution in [2.24, 2.45) is 11.8 Å². The van der Waals surface area contributed by atoms with E-state index in [9.17, 15) is 14.4 Å². The summed E-state index contributed by atoms with van der Waals surface area (Å²) in [4.78, 5) is 40.1. The van der Waals surface area contributed by atoms with Gasteiger partial charge in [0.05, 0.1) is 13.0 Å². The standard InChI is InChI=1S/C28H26N2O4/c1-18-17-23(31)26(28(33)30-21-11-7-4-8-12-21)25(19-13-15-22(34-2)16-14-19)24(18)27(32)29-20-9-5-3-6-10-20/h3-17,24-26H,1-2H3,(H,29,32)(H,30,33)/t24-,25-,26-/m0/s1. The quantitative estimate of drug-likeness (QED) is 0.523. The van der Waals surface area contributed by atoms with Crippen LogP contribution in [-0.4, -0.2) is 24.7 Å². The van der Waals surface area contributed by atoms with E-state index in [1.54, 1.807) is 74.7 Å². The van der Waals surface area contributed by atoms with Crippen LogP contribution in [0.1, 0.15) is 18.4 Å². The van der Waals surface area contributed by atoms with Crippen molar-refractivity contribution in [3.8, 4) is 5.75 Å². The van der Waals surface area contributed by atoms with E-state index in [2.05, 4.69) is 10.6 Å². The maximum absolute atomic E-state index is 13.5. The minimum Gasteiger partial charge on any atom is -0.497 e. The first kappa shape index (κ1) is 23.0. The summed E-state index contributed by atoms with van der Waals surface area (Å²) >= 11 is 0. The highest BCUT2D eigenvalue weighted by Gasteiger charge is 2.46. The third kappa shape index (κ3) is 4.91. The van der Waals surface area contributed by atoms with Crippen molar-refractivity contribution in [3.05, 3.63) is 102 Å². The molecule has 0 unspecified atom stereocenters. The van der Waals surface area contributed by atoms with Crippen molar-refractivity contribution in [2.45, 2.75) is 12.8 Å². The summed E-state index contributed by atoms with van der Waals surface area (Å²) in [5.74, 6) is -2.86. The summed E-state index contributed by atoms with van der Waals surface area (Å²) in [6, 6.07) is 25.3. The summed E-state index contributed by atoms with van der Waals surface area (Å²) in [5.41, 5.74) is 2.56. The van der Waals surface area contributed by atoms with Crippen LogP contribution in [0, 0.1) is 11.8 Å². The molecule has 172 valence electrons. The van der Waals surface area contributed by atoms with Gasteiger partial charge in [-0.2, -0.15) is 0 Å². The lowest BCUT2D eigenvalue weighted by atomic mass is 9.67. The predicted molar refractivity (Wildman–Crippen MR) is 132 cm³/mol. The number of ether oxygens (including phenoxy) is 1. The SMILES string of the molecule is COc1ccc([C@@H]2[C@@H](C(=O)Nc3ccccc3)C(=O)C=C(C)[C@@H]2C(=O)Nc2ccccc2)cc1.